The second-order valence-electron chi connectivity index (χ2n) is 6.38. The van der Waals surface area contributed by atoms with Gasteiger partial charge in [0.15, 0.2) is 5.78 Å². The molecule has 0 saturated heterocycles. The van der Waals surface area contributed by atoms with E-state index >= 15 is 0 Å². The van der Waals surface area contributed by atoms with Gasteiger partial charge in [0.2, 0.25) is 0 Å². The fourth-order valence-electron chi connectivity index (χ4n) is 3.37. The fourth-order valence-corrected chi connectivity index (χ4v) is 3.37. The van der Waals surface area contributed by atoms with Gasteiger partial charge in [0.05, 0.1) is 5.69 Å². The van der Waals surface area contributed by atoms with E-state index in [0.717, 1.165) is 36.3 Å². The summed E-state index contributed by atoms with van der Waals surface area (Å²) < 4.78 is 0. The summed E-state index contributed by atoms with van der Waals surface area (Å²) in [5.74, 6) is 0.0400. The van der Waals surface area contributed by atoms with E-state index in [1.165, 1.54) is 18.4 Å². The van der Waals surface area contributed by atoms with Crippen molar-refractivity contribution < 1.29 is 10.0 Å². The fraction of sp³-hybridized carbons (Fsp3) is 0.421. The second kappa shape index (κ2) is 6.09. The highest BCUT2D eigenvalue weighted by Crippen LogP contribution is 2.36. The molecule has 1 aromatic carbocycles. The average Bonchev–Trinajstić information content (AvgIpc) is 2.52. The number of hydroxylamine groups is 1. The van der Waals surface area contributed by atoms with Gasteiger partial charge in [-0.1, -0.05) is 37.1 Å². The first-order valence-corrected chi connectivity index (χ1v) is 8.13. The first-order valence-electron chi connectivity index (χ1n) is 8.13. The van der Waals surface area contributed by atoms with Crippen molar-refractivity contribution in [3.05, 3.63) is 53.6 Å². The van der Waals surface area contributed by atoms with Gasteiger partial charge in [-0.05, 0) is 56.4 Å². The molecule has 3 heteroatoms. The highest BCUT2D eigenvalue weighted by Gasteiger charge is 2.41. The van der Waals surface area contributed by atoms with Gasteiger partial charge in [0.25, 0.3) is 0 Å². The molecule has 0 amide bonds. The molecule has 2 aliphatic rings. The van der Waals surface area contributed by atoms with Crippen LogP contribution in [0.15, 0.2) is 53.6 Å². The van der Waals surface area contributed by atoms with Crippen LogP contribution in [-0.2, 0) is 4.79 Å². The summed E-state index contributed by atoms with van der Waals surface area (Å²) in [6.07, 6.45) is 10.3. The van der Waals surface area contributed by atoms with E-state index in [0.29, 0.717) is 5.69 Å². The van der Waals surface area contributed by atoms with E-state index in [-0.39, 0.29) is 5.78 Å². The predicted molar refractivity (Wildman–Crippen MR) is 88.0 cm³/mol. The lowest BCUT2D eigenvalue weighted by atomic mass is 9.78. The van der Waals surface area contributed by atoms with Crippen molar-refractivity contribution in [2.75, 3.05) is 5.06 Å². The molecule has 1 unspecified atom stereocenters. The van der Waals surface area contributed by atoms with Crippen LogP contribution in [0.2, 0.25) is 0 Å². The summed E-state index contributed by atoms with van der Waals surface area (Å²) in [6, 6.07) is 9.25. The molecule has 3 rings (SSSR count). The highest BCUT2D eigenvalue weighted by atomic mass is 16.5. The van der Waals surface area contributed by atoms with Crippen molar-refractivity contribution in [1.82, 2.24) is 0 Å². The molecule has 1 N–H and O–H groups in total. The minimum Gasteiger partial charge on any atom is -0.291 e. The molecule has 0 spiro atoms. The summed E-state index contributed by atoms with van der Waals surface area (Å²) in [5, 5.41) is 11.7. The number of rotatable bonds is 2. The van der Waals surface area contributed by atoms with E-state index in [2.05, 4.69) is 0 Å². The minimum absolute atomic E-state index is 0.0400. The van der Waals surface area contributed by atoms with Crippen molar-refractivity contribution in [2.45, 2.75) is 51.0 Å². The van der Waals surface area contributed by atoms with E-state index in [4.69, 9.17) is 0 Å². The number of ketones is 1. The molecule has 1 atom stereocenters. The van der Waals surface area contributed by atoms with Gasteiger partial charge in [0.1, 0.15) is 5.54 Å². The van der Waals surface area contributed by atoms with Gasteiger partial charge in [0, 0.05) is 5.57 Å². The van der Waals surface area contributed by atoms with Crippen LogP contribution in [0.5, 0.6) is 0 Å². The zero-order chi connectivity index (χ0) is 15.6. The van der Waals surface area contributed by atoms with E-state index < -0.39 is 5.54 Å². The molecule has 0 radical (unpaired) electrons. The quantitative estimate of drug-likeness (QED) is 0.821. The Morgan fingerprint density at radius 1 is 1.05 bits per heavy atom. The van der Waals surface area contributed by atoms with Gasteiger partial charge in [-0.15, -0.1) is 0 Å². The Balaban J connectivity index is 1.93. The largest absolute Gasteiger partial charge is 0.291 e. The third-order valence-electron chi connectivity index (χ3n) is 4.79. The third-order valence-corrected chi connectivity index (χ3v) is 4.79. The normalized spacial score (nSPS) is 25.5. The molecule has 22 heavy (non-hydrogen) atoms. The first-order chi connectivity index (χ1) is 10.6. The van der Waals surface area contributed by atoms with Crippen molar-refractivity contribution in [1.29, 1.82) is 0 Å². The molecule has 0 aliphatic heterocycles. The van der Waals surface area contributed by atoms with Crippen molar-refractivity contribution in [3.63, 3.8) is 0 Å². The molecule has 2 aliphatic carbocycles. The topological polar surface area (TPSA) is 40.5 Å². The maximum absolute atomic E-state index is 13.1. The van der Waals surface area contributed by atoms with Crippen molar-refractivity contribution in [2.24, 2.45) is 0 Å². The number of hydrogen-bond acceptors (Lipinski definition) is 3. The van der Waals surface area contributed by atoms with Crippen LogP contribution < -0.4 is 5.06 Å². The zero-order valence-electron chi connectivity index (χ0n) is 13.1. The number of carbonyl (C=O) groups is 1. The Hall–Kier alpha value is -1.87. The van der Waals surface area contributed by atoms with Gasteiger partial charge >= 0.3 is 0 Å². The number of carbonyl (C=O) groups excluding carboxylic acids is 1. The molecule has 0 bridgehead atoms. The van der Waals surface area contributed by atoms with Crippen LogP contribution in [0.3, 0.4) is 0 Å². The van der Waals surface area contributed by atoms with Crippen LogP contribution in [0, 0.1) is 0 Å². The number of para-hydroxylation sites is 1. The molecular formula is C19H23NO2. The molecular weight excluding hydrogens is 274 g/mol. The summed E-state index contributed by atoms with van der Waals surface area (Å²) in [4.78, 5) is 13.1. The molecule has 0 fully saturated rings. The van der Waals surface area contributed by atoms with Crippen LogP contribution in [0.1, 0.15) is 45.4 Å². The summed E-state index contributed by atoms with van der Waals surface area (Å²) in [6.45, 7) is 1.79. The van der Waals surface area contributed by atoms with Crippen LogP contribution in [-0.4, -0.2) is 16.5 Å². The Bertz CT molecular complexity index is 618. The molecule has 116 valence electrons. The minimum atomic E-state index is -1.01. The van der Waals surface area contributed by atoms with E-state index in [1.54, 1.807) is 6.92 Å². The number of allylic oxidation sites excluding steroid dienone is 2. The molecule has 0 aromatic heterocycles. The SMILES string of the molecule is CC1(N(O)c2ccccc2)C=CC2=C(CCCCCC2)C1=O. The second-order valence-corrected chi connectivity index (χ2v) is 6.38. The number of hydrogen-bond donors (Lipinski definition) is 1. The number of nitrogens with zero attached hydrogens (tertiary/aromatic N) is 1. The van der Waals surface area contributed by atoms with Crippen molar-refractivity contribution >= 4 is 11.5 Å². The highest BCUT2D eigenvalue weighted by molar-refractivity contribution is 6.07. The summed E-state index contributed by atoms with van der Waals surface area (Å²) >= 11 is 0. The molecule has 0 heterocycles. The van der Waals surface area contributed by atoms with Crippen LogP contribution >= 0.6 is 0 Å². The van der Waals surface area contributed by atoms with E-state index in [1.807, 2.05) is 42.5 Å². The maximum Gasteiger partial charge on any atom is 0.190 e. The van der Waals surface area contributed by atoms with E-state index in [9.17, 15) is 10.0 Å². The lowest BCUT2D eigenvalue weighted by molar-refractivity contribution is -0.120. The van der Waals surface area contributed by atoms with Crippen molar-refractivity contribution in [3.8, 4) is 0 Å². The summed E-state index contributed by atoms with van der Waals surface area (Å²) in [7, 11) is 0. The van der Waals surface area contributed by atoms with Crippen LogP contribution in [0.4, 0.5) is 5.69 Å². The third kappa shape index (κ3) is 2.61. The van der Waals surface area contributed by atoms with Crippen LogP contribution in [0.25, 0.3) is 0 Å². The Labute approximate surface area is 131 Å². The Morgan fingerprint density at radius 2 is 1.73 bits per heavy atom. The molecule has 3 nitrogen and oxygen atoms in total. The van der Waals surface area contributed by atoms with Gasteiger partial charge in [-0.3, -0.25) is 10.0 Å². The lowest BCUT2D eigenvalue weighted by Crippen LogP contribution is -2.51. The Kier molecular flexibility index (Phi) is 4.16. The number of Topliss-reactive ketones (excluding diaryl/α,β-unsaturated/α-hetero) is 1. The molecule has 0 saturated carbocycles. The zero-order valence-corrected chi connectivity index (χ0v) is 13.1. The lowest BCUT2D eigenvalue weighted by Gasteiger charge is -2.38. The van der Waals surface area contributed by atoms with Gasteiger partial charge < -0.3 is 0 Å². The Morgan fingerprint density at radius 3 is 2.45 bits per heavy atom. The first kappa shape index (κ1) is 15.0. The smallest absolute Gasteiger partial charge is 0.190 e. The average molecular weight is 297 g/mol. The van der Waals surface area contributed by atoms with Gasteiger partial charge in [-0.25, -0.2) is 5.06 Å². The standard InChI is InChI=1S/C19H23NO2/c1-19(20(22)16-10-6-4-7-11-16)14-13-15-9-5-2-3-8-12-17(15)18(19)21/h4,6-7,10-11,13-14,22H,2-3,5,8-9,12H2,1H3. The van der Waals surface area contributed by atoms with Gasteiger partial charge in [-0.2, -0.15) is 0 Å². The summed E-state index contributed by atoms with van der Waals surface area (Å²) in [5.41, 5.74) is 1.71. The predicted octanol–water partition coefficient (Wildman–Crippen LogP) is 4.43. The maximum atomic E-state index is 13.1. The number of anilines is 1. The number of benzene rings is 1. The molecule has 1 aromatic rings. The monoisotopic (exact) mass is 297 g/mol.